The Labute approximate surface area is 116 Å². The van der Waals surface area contributed by atoms with Gasteiger partial charge in [0, 0.05) is 6.61 Å². The summed E-state index contributed by atoms with van der Waals surface area (Å²) in [5.41, 5.74) is -0.181. The molecule has 20 heavy (non-hydrogen) atoms. The smallest absolute Gasteiger partial charge is 0.318 e. The third-order valence-corrected chi connectivity index (χ3v) is 3.48. The van der Waals surface area contributed by atoms with Gasteiger partial charge in [-0.15, -0.1) is 0 Å². The van der Waals surface area contributed by atoms with Crippen molar-refractivity contribution in [2.75, 3.05) is 6.61 Å². The highest BCUT2D eigenvalue weighted by molar-refractivity contribution is 5.86. The Kier molecular flexibility index (Phi) is 4.05. The number of rotatable bonds is 5. The second-order valence-corrected chi connectivity index (χ2v) is 4.60. The molecule has 0 fully saturated rings. The number of aliphatic carboxylic acids is 1. The molecule has 104 valence electrons. The zero-order chi connectivity index (χ0) is 14.6. The molecule has 0 saturated heterocycles. The average molecular weight is 272 g/mol. The Balaban J connectivity index is 2.65. The van der Waals surface area contributed by atoms with Crippen LogP contribution in [-0.2, 0) is 10.2 Å². The summed E-state index contributed by atoms with van der Waals surface area (Å²) >= 11 is 0. The molecule has 0 heterocycles. The van der Waals surface area contributed by atoms with E-state index in [1.54, 1.807) is 36.4 Å². The van der Waals surface area contributed by atoms with E-state index in [0.717, 1.165) is 0 Å². The summed E-state index contributed by atoms with van der Waals surface area (Å²) < 4.78 is 0. The highest BCUT2D eigenvalue weighted by Gasteiger charge is 2.41. The van der Waals surface area contributed by atoms with E-state index in [1.165, 1.54) is 12.1 Å². The van der Waals surface area contributed by atoms with Crippen molar-refractivity contribution in [2.45, 2.75) is 11.8 Å². The van der Waals surface area contributed by atoms with Crippen LogP contribution in [0.25, 0.3) is 0 Å². The van der Waals surface area contributed by atoms with Crippen molar-refractivity contribution in [1.29, 1.82) is 0 Å². The van der Waals surface area contributed by atoms with Crippen LogP contribution in [-0.4, -0.2) is 27.9 Å². The number of carboxylic acids is 1. The molecule has 2 aromatic rings. The van der Waals surface area contributed by atoms with E-state index < -0.39 is 11.4 Å². The van der Waals surface area contributed by atoms with Crippen LogP contribution in [0.2, 0.25) is 0 Å². The molecule has 1 unspecified atom stereocenters. The minimum Gasteiger partial charge on any atom is -0.508 e. The predicted octanol–water partition coefficient (Wildman–Crippen LogP) is 2.15. The third kappa shape index (κ3) is 2.38. The number of phenols is 1. The number of hydrogen-bond acceptors (Lipinski definition) is 3. The Morgan fingerprint density at radius 2 is 1.50 bits per heavy atom. The number of aliphatic hydroxyl groups excluding tert-OH is 1. The summed E-state index contributed by atoms with van der Waals surface area (Å²) in [6.07, 6.45) is 0.0666. The van der Waals surface area contributed by atoms with Crippen molar-refractivity contribution in [3.05, 3.63) is 65.7 Å². The maximum Gasteiger partial charge on any atom is 0.318 e. The lowest BCUT2D eigenvalue weighted by molar-refractivity contribution is -0.142. The number of benzene rings is 2. The summed E-state index contributed by atoms with van der Waals surface area (Å²) in [5, 5.41) is 28.4. The summed E-state index contributed by atoms with van der Waals surface area (Å²) in [6.45, 7) is -0.248. The molecule has 0 aromatic heterocycles. The molecule has 0 spiro atoms. The van der Waals surface area contributed by atoms with Crippen molar-refractivity contribution in [3.8, 4) is 5.75 Å². The molecular formula is C16H16O4. The van der Waals surface area contributed by atoms with Crippen molar-refractivity contribution in [2.24, 2.45) is 0 Å². The molecule has 2 aromatic carbocycles. The van der Waals surface area contributed by atoms with Crippen LogP contribution in [0.3, 0.4) is 0 Å². The lowest BCUT2D eigenvalue weighted by atomic mass is 9.72. The maximum atomic E-state index is 11.9. The molecular weight excluding hydrogens is 256 g/mol. The monoisotopic (exact) mass is 272 g/mol. The topological polar surface area (TPSA) is 77.8 Å². The second-order valence-electron chi connectivity index (χ2n) is 4.60. The van der Waals surface area contributed by atoms with E-state index in [1.807, 2.05) is 6.07 Å². The van der Waals surface area contributed by atoms with Crippen molar-refractivity contribution >= 4 is 5.97 Å². The first-order valence-corrected chi connectivity index (χ1v) is 6.30. The lowest BCUT2D eigenvalue weighted by Gasteiger charge is -2.30. The van der Waals surface area contributed by atoms with Crippen molar-refractivity contribution < 1.29 is 20.1 Å². The van der Waals surface area contributed by atoms with Gasteiger partial charge in [0.2, 0.25) is 0 Å². The van der Waals surface area contributed by atoms with E-state index in [-0.39, 0.29) is 18.8 Å². The van der Waals surface area contributed by atoms with E-state index in [2.05, 4.69) is 0 Å². The molecule has 1 atom stereocenters. The fraction of sp³-hybridized carbons (Fsp3) is 0.188. The van der Waals surface area contributed by atoms with Gasteiger partial charge in [-0.05, 0) is 29.7 Å². The van der Waals surface area contributed by atoms with Gasteiger partial charge in [-0.25, -0.2) is 0 Å². The molecule has 4 nitrogen and oxygen atoms in total. The number of carboxylic acid groups (broad SMARTS) is 1. The van der Waals surface area contributed by atoms with Crippen molar-refractivity contribution in [1.82, 2.24) is 0 Å². The number of aromatic hydroxyl groups is 1. The van der Waals surface area contributed by atoms with Crippen LogP contribution in [0.1, 0.15) is 17.5 Å². The van der Waals surface area contributed by atoms with Crippen molar-refractivity contribution in [3.63, 3.8) is 0 Å². The first-order chi connectivity index (χ1) is 9.61. The Morgan fingerprint density at radius 3 is 2.00 bits per heavy atom. The van der Waals surface area contributed by atoms with E-state index >= 15 is 0 Å². The standard InChI is InChI=1S/C16H16O4/c17-11-10-16(15(19)20,12-4-2-1-3-5-12)13-6-8-14(18)9-7-13/h1-9,17-18H,10-11H2,(H,19,20). The second kappa shape index (κ2) is 5.75. The SMILES string of the molecule is O=C(O)C(CCO)(c1ccccc1)c1ccc(O)cc1. The fourth-order valence-corrected chi connectivity index (χ4v) is 2.45. The summed E-state index contributed by atoms with van der Waals surface area (Å²) in [4.78, 5) is 11.9. The van der Waals surface area contributed by atoms with Gasteiger partial charge in [-0.1, -0.05) is 42.5 Å². The van der Waals surface area contributed by atoms with Gasteiger partial charge < -0.3 is 15.3 Å². The van der Waals surface area contributed by atoms with Crippen LogP contribution in [0.15, 0.2) is 54.6 Å². The van der Waals surface area contributed by atoms with Gasteiger partial charge in [-0.2, -0.15) is 0 Å². The Bertz CT molecular complexity index is 577. The van der Waals surface area contributed by atoms with Crippen LogP contribution < -0.4 is 0 Å². The minimum absolute atomic E-state index is 0.0666. The van der Waals surface area contributed by atoms with Gasteiger partial charge >= 0.3 is 5.97 Å². The average Bonchev–Trinajstić information content (AvgIpc) is 2.46. The predicted molar refractivity (Wildman–Crippen MR) is 74.7 cm³/mol. The molecule has 0 aliphatic heterocycles. The molecule has 4 heteroatoms. The van der Waals surface area contributed by atoms with Gasteiger partial charge in [0.25, 0.3) is 0 Å². The normalized spacial score (nSPS) is 13.7. The maximum absolute atomic E-state index is 11.9. The molecule has 0 saturated carbocycles. The van der Waals surface area contributed by atoms with E-state index in [4.69, 9.17) is 0 Å². The molecule has 0 aliphatic carbocycles. The van der Waals surface area contributed by atoms with E-state index in [9.17, 15) is 20.1 Å². The molecule has 0 bridgehead atoms. The lowest BCUT2D eigenvalue weighted by Crippen LogP contribution is -2.38. The summed E-state index contributed by atoms with van der Waals surface area (Å²) in [5.74, 6) is -0.950. The largest absolute Gasteiger partial charge is 0.508 e. The highest BCUT2D eigenvalue weighted by atomic mass is 16.4. The van der Waals surface area contributed by atoms with Gasteiger partial charge in [0.1, 0.15) is 11.2 Å². The zero-order valence-electron chi connectivity index (χ0n) is 10.9. The zero-order valence-corrected chi connectivity index (χ0v) is 10.9. The summed E-state index contributed by atoms with van der Waals surface area (Å²) in [7, 11) is 0. The number of phenolic OH excluding ortho intramolecular Hbond substituents is 1. The highest BCUT2D eigenvalue weighted by Crippen LogP contribution is 2.36. The third-order valence-electron chi connectivity index (χ3n) is 3.48. The van der Waals surface area contributed by atoms with Gasteiger partial charge in [0.15, 0.2) is 0 Å². The molecule has 3 N–H and O–H groups in total. The molecule has 0 radical (unpaired) electrons. The fourth-order valence-electron chi connectivity index (χ4n) is 2.45. The Hall–Kier alpha value is -2.33. The van der Waals surface area contributed by atoms with Crippen LogP contribution in [0, 0.1) is 0 Å². The Morgan fingerprint density at radius 1 is 0.950 bits per heavy atom. The molecule has 2 rings (SSSR count). The van der Waals surface area contributed by atoms with E-state index in [0.29, 0.717) is 11.1 Å². The van der Waals surface area contributed by atoms with Gasteiger partial charge in [0.05, 0.1) is 0 Å². The van der Waals surface area contributed by atoms with Gasteiger partial charge in [-0.3, -0.25) is 4.79 Å². The number of aliphatic hydroxyl groups is 1. The molecule has 0 aliphatic rings. The van der Waals surface area contributed by atoms with Crippen LogP contribution in [0.4, 0.5) is 0 Å². The van der Waals surface area contributed by atoms with Crippen LogP contribution in [0.5, 0.6) is 5.75 Å². The number of carbonyl (C=O) groups is 1. The number of hydrogen-bond donors (Lipinski definition) is 3. The minimum atomic E-state index is -1.32. The summed E-state index contributed by atoms with van der Waals surface area (Å²) in [6, 6.07) is 14.9. The van der Waals surface area contributed by atoms with Crippen LogP contribution >= 0.6 is 0 Å². The quantitative estimate of drug-likeness (QED) is 0.779. The first-order valence-electron chi connectivity index (χ1n) is 6.30. The molecule has 0 amide bonds. The first kappa shape index (κ1) is 14.1.